The third kappa shape index (κ3) is 2.47. The van der Waals surface area contributed by atoms with Crippen LogP contribution in [-0.4, -0.2) is 18.5 Å². The van der Waals surface area contributed by atoms with Gasteiger partial charge in [0.05, 0.1) is 6.04 Å². The van der Waals surface area contributed by atoms with Gasteiger partial charge in [0.2, 0.25) is 5.91 Å². The standard InChI is InChI=1S/C16H18N2O/c17-16(19)15-10-14(7-8-18-15)13-6-5-11-3-1-2-4-12(11)9-13/h1-6,9,14-15,18H,7-8,10H2,(H2,17,19). The van der Waals surface area contributed by atoms with E-state index in [2.05, 4.69) is 47.8 Å². The Labute approximate surface area is 112 Å². The van der Waals surface area contributed by atoms with E-state index < -0.39 is 0 Å². The number of primary amides is 1. The lowest BCUT2D eigenvalue weighted by molar-refractivity contribution is -0.120. The van der Waals surface area contributed by atoms with E-state index in [0.29, 0.717) is 5.92 Å². The summed E-state index contributed by atoms with van der Waals surface area (Å²) in [7, 11) is 0. The summed E-state index contributed by atoms with van der Waals surface area (Å²) in [6.45, 7) is 0.852. The second kappa shape index (κ2) is 5.02. The van der Waals surface area contributed by atoms with E-state index in [1.54, 1.807) is 0 Å². The van der Waals surface area contributed by atoms with Crippen LogP contribution in [0, 0.1) is 0 Å². The highest BCUT2D eigenvalue weighted by Crippen LogP contribution is 2.29. The Hall–Kier alpha value is -1.87. The highest BCUT2D eigenvalue weighted by molar-refractivity contribution is 5.83. The predicted octanol–water partition coefficient (Wildman–Crippen LogP) is 2.16. The molecule has 1 amide bonds. The van der Waals surface area contributed by atoms with Gasteiger partial charge >= 0.3 is 0 Å². The molecule has 1 saturated heterocycles. The average molecular weight is 254 g/mol. The molecule has 19 heavy (non-hydrogen) atoms. The first-order valence-corrected chi connectivity index (χ1v) is 6.75. The number of benzene rings is 2. The quantitative estimate of drug-likeness (QED) is 0.863. The van der Waals surface area contributed by atoms with Gasteiger partial charge in [-0.15, -0.1) is 0 Å². The lowest BCUT2D eigenvalue weighted by Crippen LogP contribution is -2.46. The van der Waals surface area contributed by atoms with Crippen LogP contribution in [0.25, 0.3) is 10.8 Å². The molecule has 2 atom stereocenters. The van der Waals surface area contributed by atoms with Crippen molar-refractivity contribution in [2.24, 2.45) is 5.73 Å². The molecule has 3 heteroatoms. The molecule has 2 unspecified atom stereocenters. The van der Waals surface area contributed by atoms with Crippen molar-refractivity contribution in [1.82, 2.24) is 5.32 Å². The third-order valence-corrected chi connectivity index (χ3v) is 3.99. The first kappa shape index (κ1) is 12.2. The fourth-order valence-corrected chi connectivity index (χ4v) is 2.90. The molecular weight excluding hydrogens is 236 g/mol. The molecule has 0 saturated carbocycles. The van der Waals surface area contributed by atoms with Gasteiger partial charge in [0.25, 0.3) is 0 Å². The Morgan fingerprint density at radius 2 is 1.95 bits per heavy atom. The molecule has 1 heterocycles. The van der Waals surface area contributed by atoms with Crippen LogP contribution in [0.3, 0.4) is 0 Å². The van der Waals surface area contributed by atoms with Crippen molar-refractivity contribution in [3.8, 4) is 0 Å². The summed E-state index contributed by atoms with van der Waals surface area (Å²) in [5.41, 5.74) is 6.71. The van der Waals surface area contributed by atoms with Crippen molar-refractivity contribution < 1.29 is 4.79 Å². The number of fused-ring (bicyclic) bond motifs is 1. The normalized spacial score (nSPS) is 23.4. The molecule has 0 aliphatic carbocycles. The molecule has 0 bridgehead atoms. The molecule has 1 aliphatic rings. The number of nitrogens with one attached hydrogen (secondary N) is 1. The minimum atomic E-state index is -0.245. The van der Waals surface area contributed by atoms with E-state index in [1.165, 1.54) is 16.3 Å². The molecule has 0 spiro atoms. The molecule has 2 aromatic rings. The van der Waals surface area contributed by atoms with E-state index in [4.69, 9.17) is 5.73 Å². The monoisotopic (exact) mass is 254 g/mol. The van der Waals surface area contributed by atoms with Crippen molar-refractivity contribution in [2.45, 2.75) is 24.8 Å². The van der Waals surface area contributed by atoms with Crippen LogP contribution in [0.5, 0.6) is 0 Å². The van der Waals surface area contributed by atoms with E-state index in [1.807, 2.05) is 0 Å². The molecule has 3 nitrogen and oxygen atoms in total. The van der Waals surface area contributed by atoms with Gasteiger partial charge < -0.3 is 11.1 Å². The van der Waals surface area contributed by atoms with E-state index in [9.17, 15) is 4.79 Å². The number of piperidine rings is 1. The van der Waals surface area contributed by atoms with Crippen LogP contribution in [0.1, 0.15) is 24.3 Å². The minimum absolute atomic E-state index is 0.190. The summed E-state index contributed by atoms with van der Waals surface area (Å²) in [6.07, 6.45) is 1.86. The minimum Gasteiger partial charge on any atom is -0.368 e. The van der Waals surface area contributed by atoms with Gasteiger partial charge in [0.1, 0.15) is 0 Å². The van der Waals surface area contributed by atoms with Gasteiger partial charge in [0, 0.05) is 0 Å². The number of hydrogen-bond donors (Lipinski definition) is 2. The van der Waals surface area contributed by atoms with E-state index in [-0.39, 0.29) is 11.9 Å². The van der Waals surface area contributed by atoms with Gasteiger partial charge in [0.15, 0.2) is 0 Å². The molecule has 3 N–H and O–H groups in total. The molecule has 1 fully saturated rings. The summed E-state index contributed by atoms with van der Waals surface area (Å²) < 4.78 is 0. The number of carbonyl (C=O) groups excluding carboxylic acids is 1. The first-order valence-electron chi connectivity index (χ1n) is 6.75. The van der Waals surface area contributed by atoms with Crippen LogP contribution in [0.15, 0.2) is 42.5 Å². The summed E-state index contributed by atoms with van der Waals surface area (Å²) in [4.78, 5) is 11.3. The van der Waals surface area contributed by atoms with Gasteiger partial charge in [-0.2, -0.15) is 0 Å². The van der Waals surface area contributed by atoms with Gasteiger partial charge in [-0.05, 0) is 41.6 Å². The SMILES string of the molecule is NC(=O)C1CC(c2ccc3ccccc3c2)CCN1. The Morgan fingerprint density at radius 1 is 1.16 bits per heavy atom. The largest absolute Gasteiger partial charge is 0.368 e. The number of hydrogen-bond acceptors (Lipinski definition) is 2. The zero-order valence-electron chi connectivity index (χ0n) is 10.8. The van der Waals surface area contributed by atoms with Gasteiger partial charge in [-0.3, -0.25) is 4.79 Å². The van der Waals surface area contributed by atoms with Crippen molar-refractivity contribution in [1.29, 1.82) is 0 Å². The maximum Gasteiger partial charge on any atom is 0.234 e. The highest BCUT2D eigenvalue weighted by Gasteiger charge is 2.26. The van der Waals surface area contributed by atoms with Crippen LogP contribution < -0.4 is 11.1 Å². The zero-order valence-corrected chi connectivity index (χ0v) is 10.8. The van der Waals surface area contributed by atoms with Crippen molar-refractivity contribution in [3.05, 3.63) is 48.0 Å². The van der Waals surface area contributed by atoms with Crippen LogP contribution in [0.4, 0.5) is 0 Å². The number of amides is 1. The maximum atomic E-state index is 11.3. The zero-order chi connectivity index (χ0) is 13.2. The molecule has 2 aromatic carbocycles. The second-order valence-corrected chi connectivity index (χ2v) is 5.24. The number of rotatable bonds is 2. The summed E-state index contributed by atoms with van der Waals surface area (Å²) in [6, 6.07) is 14.7. The van der Waals surface area contributed by atoms with Crippen LogP contribution in [-0.2, 0) is 4.79 Å². The first-order chi connectivity index (χ1) is 9.24. The second-order valence-electron chi connectivity index (χ2n) is 5.24. The smallest absolute Gasteiger partial charge is 0.234 e. The molecular formula is C16H18N2O. The molecule has 3 rings (SSSR count). The van der Waals surface area contributed by atoms with Gasteiger partial charge in [-0.25, -0.2) is 0 Å². The van der Waals surface area contributed by atoms with Crippen molar-refractivity contribution in [2.75, 3.05) is 6.54 Å². The average Bonchev–Trinajstić information content (AvgIpc) is 2.47. The number of nitrogens with two attached hydrogens (primary N) is 1. The van der Waals surface area contributed by atoms with Gasteiger partial charge in [-0.1, -0.05) is 42.5 Å². The van der Waals surface area contributed by atoms with Crippen LogP contribution >= 0.6 is 0 Å². The van der Waals surface area contributed by atoms with Crippen molar-refractivity contribution in [3.63, 3.8) is 0 Å². The van der Waals surface area contributed by atoms with E-state index in [0.717, 1.165) is 19.4 Å². The summed E-state index contributed by atoms with van der Waals surface area (Å²) >= 11 is 0. The summed E-state index contributed by atoms with van der Waals surface area (Å²) in [5, 5.41) is 5.70. The third-order valence-electron chi connectivity index (χ3n) is 3.99. The summed E-state index contributed by atoms with van der Waals surface area (Å²) in [5.74, 6) is 0.175. The fraction of sp³-hybridized carbons (Fsp3) is 0.312. The molecule has 0 radical (unpaired) electrons. The van der Waals surface area contributed by atoms with Crippen molar-refractivity contribution >= 4 is 16.7 Å². The molecule has 98 valence electrons. The lowest BCUT2D eigenvalue weighted by Gasteiger charge is -2.28. The topological polar surface area (TPSA) is 55.1 Å². The maximum absolute atomic E-state index is 11.3. The molecule has 1 aliphatic heterocycles. The highest BCUT2D eigenvalue weighted by atomic mass is 16.1. The molecule has 0 aromatic heterocycles. The Balaban J connectivity index is 1.89. The lowest BCUT2D eigenvalue weighted by atomic mass is 9.85. The Kier molecular flexibility index (Phi) is 3.22. The van der Waals surface area contributed by atoms with E-state index >= 15 is 0 Å². The number of carbonyl (C=O) groups is 1. The Morgan fingerprint density at radius 3 is 2.74 bits per heavy atom. The fourth-order valence-electron chi connectivity index (χ4n) is 2.90. The van der Waals surface area contributed by atoms with Crippen LogP contribution in [0.2, 0.25) is 0 Å². The predicted molar refractivity (Wildman–Crippen MR) is 76.9 cm³/mol. The Bertz CT molecular complexity index is 608.